The van der Waals surface area contributed by atoms with Crippen molar-refractivity contribution in [2.24, 2.45) is 17.8 Å². The zero-order valence-electron chi connectivity index (χ0n) is 23.2. The fourth-order valence-corrected chi connectivity index (χ4v) is 8.26. The highest BCUT2D eigenvalue weighted by Gasteiger charge is 2.43. The molecule has 0 N–H and O–H groups in total. The highest BCUT2D eigenvalue weighted by atomic mass is 32.2. The van der Waals surface area contributed by atoms with Crippen LogP contribution in [-0.4, -0.2) is 4.75 Å². The lowest BCUT2D eigenvalue weighted by molar-refractivity contribution is 0.281. The summed E-state index contributed by atoms with van der Waals surface area (Å²) in [4.78, 5) is 0. The van der Waals surface area contributed by atoms with Crippen LogP contribution in [0.3, 0.4) is 0 Å². The van der Waals surface area contributed by atoms with Crippen molar-refractivity contribution in [1.29, 1.82) is 0 Å². The van der Waals surface area contributed by atoms with Crippen molar-refractivity contribution in [3.05, 3.63) is 89.5 Å². The molecule has 0 bridgehead atoms. The molecule has 190 valence electrons. The molecule has 2 aliphatic rings. The number of hydrogen-bond acceptors (Lipinski definition) is 1. The Morgan fingerprint density at radius 1 is 1.09 bits per heavy atom. The van der Waals surface area contributed by atoms with Crippen LogP contribution in [0.25, 0.3) is 5.57 Å². The molecule has 1 heterocycles. The van der Waals surface area contributed by atoms with Gasteiger partial charge in [0, 0.05) is 10.00 Å². The number of benzene rings is 2. The van der Waals surface area contributed by atoms with Crippen LogP contribution in [0.5, 0.6) is 0 Å². The molecule has 1 spiro atoms. The van der Waals surface area contributed by atoms with Gasteiger partial charge in [0.1, 0.15) is 0 Å². The van der Waals surface area contributed by atoms with E-state index < -0.39 is 0 Å². The molecule has 1 aliphatic carbocycles. The van der Waals surface area contributed by atoms with Gasteiger partial charge in [-0.1, -0.05) is 81.5 Å². The first-order valence-corrected chi connectivity index (χ1v) is 14.6. The molecule has 35 heavy (non-hydrogen) atoms. The van der Waals surface area contributed by atoms with E-state index in [9.17, 15) is 0 Å². The fraction of sp³-hybridized carbons (Fsp3) is 0.529. The second-order valence-corrected chi connectivity index (χ2v) is 13.4. The van der Waals surface area contributed by atoms with E-state index in [1.165, 1.54) is 78.3 Å². The highest BCUT2D eigenvalue weighted by Crippen LogP contribution is 2.58. The third-order valence-electron chi connectivity index (χ3n) is 7.91. The van der Waals surface area contributed by atoms with Crippen LogP contribution in [0.1, 0.15) is 99.3 Å². The quantitative estimate of drug-likeness (QED) is 0.377. The molecule has 1 aliphatic heterocycles. The van der Waals surface area contributed by atoms with Crippen molar-refractivity contribution in [3.63, 3.8) is 0 Å². The summed E-state index contributed by atoms with van der Waals surface area (Å²) >= 11 is 2.31. The minimum Gasteiger partial charge on any atom is -0.147 e. The van der Waals surface area contributed by atoms with E-state index in [4.69, 9.17) is 0 Å². The summed E-state index contributed by atoms with van der Waals surface area (Å²) in [5.74, 6) is 2.17. The lowest BCUT2D eigenvalue weighted by Crippen LogP contribution is -2.37. The minimum atomic E-state index is 0.473. The molecule has 1 heteroatoms. The van der Waals surface area contributed by atoms with Gasteiger partial charge in [0.05, 0.1) is 0 Å². The second-order valence-electron chi connectivity index (χ2n) is 11.7. The molecule has 2 atom stereocenters. The van der Waals surface area contributed by atoms with Gasteiger partial charge in [0.25, 0.3) is 0 Å². The van der Waals surface area contributed by atoms with Crippen molar-refractivity contribution in [1.82, 2.24) is 0 Å². The molecule has 0 amide bonds. The van der Waals surface area contributed by atoms with Gasteiger partial charge in [-0.25, -0.2) is 0 Å². The van der Waals surface area contributed by atoms with Crippen molar-refractivity contribution in [3.8, 4) is 0 Å². The van der Waals surface area contributed by atoms with E-state index in [2.05, 4.69) is 102 Å². The third-order valence-corrected chi connectivity index (χ3v) is 9.73. The Kier molecular flexibility index (Phi) is 9.94. The lowest BCUT2D eigenvalue weighted by Gasteiger charge is -2.47. The summed E-state index contributed by atoms with van der Waals surface area (Å²) in [5, 5.41) is 0.662. The van der Waals surface area contributed by atoms with Crippen LogP contribution >= 0.6 is 11.8 Å². The molecule has 0 radical (unpaired) electrons. The molecule has 1 saturated heterocycles. The van der Waals surface area contributed by atoms with Crippen LogP contribution < -0.4 is 0 Å². The van der Waals surface area contributed by atoms with Crippen LogP contribution in [0.2, 0.25) is 0 Å². The third kappa shape index (κ3) is 7.39. The lowest BCUT2D eigenvalue weighted by atomic mass is 9.73. The van der Waals surface area contributed by atoms with E-state index in [1.54, 1.807) is 6.08 Å². The maximum atomic E-state index is 4.59. The Morgan fingerprint density at radius 2 is 1.71 bits per heavy atom. The van der Waals surface area contributed by atoms with E-state index in [0.717, 1.165) is 5.92 Å². The monoisotopic (exact) mass is 488 g/mol. The summed E-state index contributed by atoms with van der Waals surface area (Å²) in [6.07, 6.45) is 10.9. The Bertz CT molecular complexity index is 972. The molecule has 0 aromatic heterocycles. The molecule has 2 unspecified atom stereocenters. The summed E-state index contributed by atoms with van der Waals surface area (Å²) in [6, 6.07) is 16.4. The molecule has 2 fully saturated rings. The number of hydrogen-bond donors (Lipinski definition) is 0. The van der Waals surface area contributed by atoms with Gasteiger partial charge in [-0.15, -0.1) is 18.3 Å². The summed E-state index contributed by atoms with van der Waals surface area (Å²) in [7, 11) is 0. The fourth-order valence-electron chi connectivity index (χ4n) is 6.08. The topological polar surface area (TPSA) is 0 Å². The first kappa shape index (κ1) is 27.9. The predicted molar refractivity (Wildman–Crippen MR) is 159 cm³/mol. The van der Waals surface area contributed by atoms with Crippen LogP contribution in [-0.2, 0) is 6.42 Å². The van der Waals surface area contributed by atoms with Crippen LogP contribution in [0, 0.1) is 31.6 Å². The van der Waals surface area contributed by atoms with E-state index >= 15 is 0 Å². The van der Waals surface area contributed by atoms with Crippen molar-refractivity contribution < 1.29 is 0 Å². The largest absolute Gasteiger partial charge is 0.147 e. The van der Waals surface area contributed by atoms with Crippen LogP contribution in [0.4, 0.5) is 0 Å². The first-order chi connectivity index (χ1) is 16.7. The summed E-state index contributed by atoms with van der Waals surface area (Å²) in [6.45, 7) is 21.4. The molecule has 2 aromatic carbocycles. The van der Waals surface area contributed by atoms with Crippen LogP contribution in [0.15, 0.2) is 61.7 Å². The summed E-state index contributed by atoms with van der Waals surface area (Å²) < 4.78 is 0.473. The molecular formula is C34H48S. The summed E-state index contributed by atoms with van der Waals surface area (Å²) in [5.41, 5.74) is 8.58. The number of aryl methyl sites for hydroxylation is 2. The Balaban J connectivity index is 0.00000108. The average Bonchev–Trinajstić information content (AvgIpc) is 2.81. The average molecular weight is 489 g/mol. The van der Waals surface area contributed by atoms with Gasteiger partial charge >= 0.3 is 0 Å². The standard InChI is InChI=1S/C31H42S.C3H6/c1-21(2)17-28-11-12-29(19-24(28)5)25(6)26-13-15-31(16-14-26)20-23(4)18-30(32-31)27-9-7-22(3)8-10-27;1-3-2/h7-12,19,21,23,26,30H,6,13-18,20H2,1-5H3;3H,1H2,2H3. The maximum Gasteiger partial charge on any atom is 0.0305 e. The molecule has 4 rings (SSSR count). The molecule has 2 aromatic rings. The van der Waals surface area contributed by atoms with Gasteiger partial charge in [0.2, 0.25) is 0 Å². The zero-order valence-corrected chi connectivity index (χ0v) is 24.0. The zero-order chi connectivity index (χ0) is 25.6. The molecule has 0 nitrogen and oxygen atoms in total. The van der Waals surface area contributed by atoms with Crippen molar-refractivity contribution in [2.45, 2.75) is 96.5 Å². The van der Waals surface area contributed by atoms with E-state index in [-0.39, 0.29) is 0 Å². The first-order valence-electron chi connectivity index (χ1n) is 13.8. The van der Waals surface area contributed by atoms with E-state index in [0.29, 0.717) is 21.8 Å². The smallest absolute Gasteiger partial charge is 0.0305 e. The Morgan fingerprint density at radius 3 is 2.29 bits per heavy atom. The molecular weight excluding hydrogens is 440 g/mol. The van der Waals surface area contributed by atoms with Gasteiger partial charge < -0.3 is 0 Å². The Hall–Kier alpha value is -1.73. The molecule has 1 saturated carbocycles. The second kappa shape index (κ2) is 12.5. The van der Waals surface area contributed by atoms with Gasteiger partial charge in [-0.05, 0) is 111 Å². The van der Waals surface area contributed by atoms with Gasteiger partial charge in [-0.3, -0.25) is 0 Å². The SMILES string of the molecule is C=C(c1ccc(CC(C)C)c(C)c1)C1CCC2(CC1)CC(C)CC(c1ccc(C)cc1)S2.C=CC. The number of rotatable bonds is 5. The van der Waals surface area contributed by atoms with Gasteiger partial charge in [-0.2, -0.15) is 0 Å². The maximum absolute atomic E-state index is 4.59. The predicted octanol–water partition coefficient (Wildman–Crippen LogP) is 10.5. The Labute approximate surface area is 220 Å². The minimum absolute atomic E-state index is 0.473. The van der Waals surface area contributed by atoms with Crippen molar-refractivity contribution >= 4 is 17.3 Å². The van der Waals surface area contributed by atoms with Crippen molar-refractivity contribution in [2.75, 3.05) is 0 Å². The number of thioether (sulfide) groups is 1. The highest BCUT2D eigenvalue weighted by molar-refractivity contribution is 8.00. The normalized spacial score (nSPS) is 26.2. The number of allylic oxidation sites excluding steroid dienone is 2. The van der Waals surface area contributed by atoms with Gasteiger partial charge in [0.15, 0.2) is 0 Å². The van der Waals surface area contributed by atoms with E-state index in [1.807, 2.05) is 6.92 Å².